The quantitative estimate of drug-likeness (QED) is 0.530. The molecule has 134 valence electrons. The van der Waals surface area contributed by atoms with Crippen LogP contribution in [0.3, 0.4) is 0 Å². The topological polar surface area (TPSA) is 86.3 Å². The second kappa shape index (κ2) is 6.51. The maximum absolute atomic E-state index is 12.8. The van der Waals surface area contributed by atoms with Gasteiger partial charge in [0.25, 0.3) is 10.0 Å². The fraction of sp³-hybridized carbons (Fsp3) is 0.118. The van der Waals surface area contributed by atoms with Crippen LogP contribution in [-0.2, 0) is 16.6 Å². The van der Waals surface area contributed by atoms with Crippen LogP contribution in [0, 0.1) is 0 Å². The van der Waals surface area contributed by atoms with Crippen molar-refractivity contribution in [2.24, 2.45) is 0 Å². The molecule has 6 nitrogen and oxygen atoms in total. The highest BCUT2D eigenvalue weighted by Gasteiger charge is 2.24. The van der Waals surface area contributed by atoms with Gasteiger partial charge in [-0.15, -0.1) is 22.7 Å². The van der Waals surface area contributed by atoms with Crippen LogP contribution in [-0.4, -0.2) is 30.5 Å². The Labute approximate surface area is 158 Å². The number of aromatic amines is 1. The Morgan fingerprint density at radius 1 is 1.27 bits per heavy atom. The van der Waals surface area contributed by atoms with Crippen molar-refractivity contribution in [2.75, 3.05) is 11.4 Å². The Hall–Kier alpha value is -2.20. The average Bonchev–Trinajstić information content (AvgIpc) is 3.39. The highest BCUT2D eigenvalue weighted by molar-refractivity contribution is 7.94. The third-order valence-electron chi connectivity index (χ3n) is 4.02. The lowest BCUT2D eigenvalue weighted by molar-refractivity contribution is 0.285. The van der Waals surface area contributed by atoms with Crippen LogP contribution in [0.25, 0.3) is 21.6 Å². The van der Waals surface area contributed by atoms with E-state index in [2.05, 4.69) is 9.97 Å². The van der Waals surface area contributed by atoms with Gasteiger partial charge in [-0.2, -0.15) is 0 Å². The van der Waals surface area contributed by atoms with Crippen molar-refractivity contribution in [3.63, 3.8) is 0 Å². The lowest BCUT2D eigenvalue weighted by Gasteiger charge is -2.19. The van der Waals surface area contributed by atoms with E-state index in [0.717, 1.165) is 26.5 Å². The van der Waals surface area contributed by atoms with Gasteiger partial charge in [-0.05, 0) is 23.6 Å². The van der Waals surface area contributed by atoms with Gasteiger partial charge in [0.1, 0.15) is 9.22 Å². The molecular formula is C17H15N3O3S3. The summed E-state index contributed by atoms with van der Waals surface area (Å²) in [6, 6.07) is 10.8. The summed E-state index contributed by atoms with van der Waals surface area (Å²) in [5, 5.41) is 12.6. The first-order chi connectivity index (χ1) is 12.5. The maximum Gasteiger partial charge on any atom is 0.273 e. The summed E-state index contributed by atoms with van der Waals surface area (Å²) in [6.07, 6.45) is 1.64. The molecule has 0 saturated carbocycles. The number of aliphatic hydroxyl groups excluding tert-OH is 1. The molecule has 9 heteroatoms. The lowest BCUT2D eigenvalue weighted by atomic mass is 10.2. The van der Waals surface area contributed by atoms with Gasteiger partial charge in [-0.3, -0.25) is 4.31 Å². The van der Waals surface area contributed by atoms with E-state index >= 15 is 0 Å². The van der Waals surface area contributed by atoms with Gasteiger partial charge in [0.15, 0.2) is 0 Å². The minimum Gasteiger partial charge on any atom is -0.391 e. The van der Waals surface area contributed by atoms with Gasteiger partial charge in [-0.25, -0.2) is 13.4 Å². The minimum atomic E-state index is -3.61. The predicted molar refractivity (Wildman–Crippen MR) is 105 cm³/mol. The molecule has 0 saturated heterocycles. The fourth-order valence-corrected chi connectivity index (χ4v) is 5.81. The molecule has 26 heavy (non-hydrogen) atoms. The first-order valence-electron chi connectivity index (χ1n) is 7.71. The maximum atomic E-state index is 12.8. The Bertz CT molecular complexity index is 1160. The van der Waals surface area contributed by atoms with Gasteiger partial charge in [0.2, 0.25) is 0 Å². The third kappa shape index (κ3) is 2.82. The van der Waals surface area contributed by atoms with Crippen LogP contribution in [0.4, 0.5) is 5.69 Å². The molecule has 4 aromatic rings. The molecule has 0 amide bonds. The van der Waals surface area contributed by atoms with Crippen molar-refractivity contribution in [2.45, 2.75) is 10.8 Å². The van der Waals surface area contributed by atoms with Crippen molar-refractivity contribution < 1.29 is 13.5 Å². The molecular weight excluding hydrogens is 390 g/mol. The average molecular weight is 406 g/mol. The molecule has 0 aliphatic carbocycles. The van der Waals surface area contributed by atoms with E-state index in [1.807, 2.05) is 18.2 Å². The van der Waals surface area contributed by atoms with E-state index in [1.54, 1.807) is 36.8 Å². The van der Waals surface area contributed by atoms with Crippen molar-refractivity contribution in [3.8, 4) is 10.7 Å². The molecule has 4 rings (SSSR count). The SMILES string of the molecule is CN(c1cccc2cc(-c3ncc(CO)s3)[nH]c12)S(=O)(=O)c1cccs1. The van der Waals surface area contributed by atoms with Gasteiger partial charge < -0.3 is 10.1 Å². The number of H-pyrrole nitrogens is 1. The summed E-state index contributed by atoms with van der Waals surface area (Å²) in [5.74, 6) is 0. The monoisotopic (exact) mass is 405 g/mol. The molecule has 0 fully saturated rings. The molecule has 0 radical (unpaired) electrons. The number of sulfonamides is 1. The molecule has 0 spiro atoms. The van der Waals surface area contributed by atoms with Crippen LogP contribution in [0.15, 0.2) is 52.2 Å². The van der Waals surface area contributed by atoms with Crippen molar-refractivity contribution in [1.82, 2.24) is 9.97 Å². The zero-order valence-electron chi connectivity index (χ0n) is 13.7. The number of rotatable bonds is 5. The van der Waals surface area contributed by atoms with Gasteiger partial charge in [0, 0.05) is 18.6 Å². The summed E-state index contributed by atoms with van der Waals surface area (Å²) in [4.78, 5) is 8.37. The number of nitrogens with zero attached hydrogens (tertiary/aromatic N) is 2. The first kappa shape index (κ1) is 17.2. The predicted octanol–water partition coefficient (Wildman–Crippen LogP) is 3.67. The second-order valence-electron chi connectivity index (χ2n) is 5.62. The van der Waals surface area contributed by atoms with Crippen LogP contribution in [0.2, 0.25) is 0 Å². The van der Waals surface area contributed by atoms with Crippen LogP contribution >= 0.6 is 22.7 Å². The van der Waals surface area contributed by atoms with E-state index in [-0.39, 0.29) is 6.61 Å². The fourth-order valence-electron chi connectivity index (χ4n) is 2.70. The van der Waals surface area contributed by atoms with E-state index in [0.29, 0.717) is 9.90 Å². The third-order valence-corrected chi connectivity index (χ3v) is 8.18. The standard InChI is InChI=1S/C17H15N3O3S3/c1-20(26(22,23)15-6-3-7-24-15)14-5-2-4-11-8-13(19-16(11)14)17-18-9-12(10-21)25-17/h2-9,19,21H,10H2,1H3. The molecule has 0 bridgehead atoms. The molecule has 3 aromatic heterocycles. The molecule has 0 aliphatic rings. The van der Waals surface area contributed by atoms with E-state index < -0.39 is 10.0 Å². The van der Waals surface area contributed by atoms with E-state index in [1.165, 1.54) is 27.0 Å². The number of hydrogen-bond donors (Lipinski definition) is 2. The zero-order chi connectivity index (χ0) is 18.3. The Balaban J connectivity index is 1.81. The van der Waals surface area contributed by atoms with Crippen LogP contribution in [0.1, 0.15) is 4.88 Å². The number of anilines is 1. The van der Waals surface area contributed by atoms with Gasteiger partial charge >= 0.3 is 0 Å². The van der Waals surface area contributed by atoms with Crippen LogP contribution < -0.4 is 4.31 Å². The summed E-state index contributed by atoms with van der Waals surface area (Å²) in [5.41, 5.74) is 2.09. The number of nitrogens with one attached hydrogen (secondary N) is 1. The van der Waals surface area contributed by atoms with Gasteiger partial charge in [-0.1, -0.05) is 18.2 Å². The molecule has 0 aliphatic heterocycles. The smallest absolute Gasteiger partial charge is 0.273 e. The van der Waals surface area contributed by atoms with E-state index in [9.17, 15) is 13.5 Å². The molecule has 0 atom stereocenters. The highest BCUT2D eigenvalue weighted by Crippen LogP contribution is 2.34. The molecule has 1 aromatic carbocycles. The number of para-hydroxylation sites is 1. The molecule has 2 N–H and O–H groups in total. The minimum absolute atomic E-state index is 0.0507. The van der Waals surface area contributed by atoms with Crippen molar-refractivity contribution in [3.05, 3.63) is 52.9 Å². The molecule has 3 heterocycles. The summed E-state index contributed by atoms with van der Waals surface area (Å²) in [6.45, 7) is -0.0507. The zero-order valence-corrected chi connectivity index (χ0v) is 16.2. The number of hydrogen-bond acceptors (Lipinski definition) is 6. The Morgan fingerprint density at radius 3 is 2.81 bits per heavy atom. The first-order valence-corrected chi connectivity index (χ1v) is 10.8. The van der Waals surface area contributed by atoms with Crippen LogP contribution in [0.5, 0.6) is 0 Å². The lowest BCUT2D eigenvalue weighted by Crippen LogP contribution is -2.26. The molecule has 0 unspecified atom stereocenters. The number of benzene rings is 1. The Kier molecular flexibility index (Phi) is 4.31. The summed E-state index contributed by atoms with van der Waals surface area (Å²) in [7, 11) is -2.06. The Morgan fingerprint density at radius 2 is 2.12 bits per heavy atom. The number of fused-ring (bicyclic) bond motifs is 1. The second-order valence-corrected chi connectivity index (χ2v) is 9.88. The number of aliphatic hydroxyl groups is 1. The number of thiazole rings is 1. The normalized spacial score (nSPS) is 11.9. The van der Waals surface area contributed by atoms with Crippen molar-refractivity contribution in [1.29, 1.82) is 0 Å². The van der Waals surface area contributed by atoms with Crippen molar-refractivity contribution >= 4 is 49.3 Å². The van der Waals surface area contributed by atoms with E-state index in [4.69, 9.17) is 0 Å². The summed E-state index contributed by atoms with van der Waals surface area (Å²) >= 11 is 2.59. The summed E-state index contributed by atoms with van der Waals surface area (Å²) < 4.78 is 27.3. The largest absolute Gasteiger partial charge is 0.391 e. The highest BCUT2D eigenvalue weighted by atomic mass is 32.2. The number of thiophene rings is 1. The van der Waals surface area contributed by atoms with Gasteiger partial charge in [0.05, 0.1) is 28.4 Å². The number of aromatic nitrogens is 2.